The molecular weight excluding hydrogens is 308 g/mol. The van der Waals surface area contributed by atoms with E-state index in [9.17, 15) is 9.59 Å². The first-order chi connectivity index (χ1) is 11.5. The van der Waals surface area contributed by atoms with Gasteiger partial charge in [0.05, 0.1) is 20.6 Å². The molecular formula is C18H20N2O4. The maximum absolute atomic E-state index is 12.2. The van der Waals surface area contributed by atoms with Gasteiger partial charge in [0.15, 0.2) is 0 Å². The van der Waals surface area contributed by atoms with Crippen LogP contribution in [0.25, 0.3) is 0 Å². The first-order valence-electron chi connectivity index (χ1n) is 7.40. The number of anilines is 2. The first kappa shape index (κ1) is 17.3. The predicted octanol–water partition coefficient (Wildman–Crippen LogP) is 2.84. The molecule has 126 valence electrons. The molecule has 0 saturated heterocycles. The molecule has 2 amide bonds. The molecule has 0 aliphatic carbocycles. The van der Waals surface area contributed by atoms with Gasteiger partial charge in [0.2, 0.25) is 11.8 Å². The number of amides is 2. The average Bonchev–Trinajstić information content (AvgIpc) is 2.56. The lowest BCUT2D eigenvalue weighted by molar-refractivity contribution is -0.116. The highest BCUT2D eigenvalue weighted by molar-refractivity contribution is 5.93. The lowest BCUT2D eigenvalue weighted by Gasteiger charge is -2.11. The molecule has 0 aromatic heterocycles. The van der Waals surface area contributed by atoms with Crippen molar-refractivity contribution < 1.29 is 19.1 Å². The minimum atomic E-state index is -0.172. The van der Waals surface area contributed by atoms with E-state index < -0.39 is 0 Å². The predicted molar refractivity (Wildman–Crippen MR) is 92.6 cm³/mol. The molecule has 0 spiro atoms. The minimum absolute atomic E-state index is 0.142. The number of carbonyl (C=O) groups is 2. The Morgan fingerprint density at radius 2 is 1.54 bits per heavy atom. The summed E-state index contributed by atoms with van der Waals surface area (Å²) in [4.78, 5) is 23.2. The van der Waals surface area contributed by atoms with Crippen LogP contribution in [0, 0.1) is 0 Å². The molecule has 2 aromatic rings. The lowest BCUT2D eigenvalue weighted by atomic mass is 10.1. The largest absolute Gasteiger partial charge is 0.497 e. The number of carbonyl (C=O) groups excluding carboxylic acids is 2. The molecule has 0 heterocycles. The van der Waals surface area contributed by atoms with Crippen molar-refractivity contribution in [3.8, 4) is 11.5 Å². The van der Waals surface area contributed by atoms with Crippen LogP contribution in [0.4, 0.5) is 11.4 Å². The van der Waals surface area contributed by atoms with Crippen LogP contribution < -0.4 is 20.1 Å². The molecule has 0 fully saturated rings. The zero-order valence-corrected chi connectivity index (χ0v) is 13.9. The Hall–Kier alpha value is -3.02. The molecule has 0 atom stereocenters. The van der Waals surface area contributed by atoms with Crippen LogP contribution in [0.1, 0.15) is 12.5 Å². The van der Waals surface area contributed by atoms with Gasteiger partial charge in [0, 0.05) is 23.9 Å². The van der Waals surface area contributed by atoms with Crippen LogP contribution in [0.15, 0.2) is 42.5 Å². The Balaban J connectivity index is 2.04. The molecule has 2 N–H and O–H groups in total. The van der Waals surface area contributed by atoms with Crippen LogP contribution in [-0.4, -0.2) is 26.0 Å². The van der Waals surface area contributed by atoms with Gasteiger partial charge >= 0.3 is 0 Å². The van der Waals surface area contributed by atoms with Crippen molar-refractivity contribution in [3.63, 3.8) is 0 Å². The number of methoxy groups -OCH3 is 2. The van der Waals surface area contributed by atoms with E-state index in [2.05, 4.69) is 10.6 Å². The fourth-order valence-corrected chi connectivity index (χ4v) is 2.24. The van der Waals surface area contributed by atoms with Gasteiger partial charge in [-0.1, -0.05) is 0 Å². The van der Waals surface area contributed by atoms with Gasteiger partial charge in [-0.05, 0) is 42.5 Å². The van der Waals surface area contributed by atoms with Crippen molar-refractivity contribution in [2.75, 3.05) is 24.9 Å². The van der Waals surface area contributed by atoms with Crippen LogP contribution in [0.2, 0.25) is 0 Å². The van der Waals surface area contributed by atoms with E-state index in [1.54, 1.807) is 56.7 Å². The normalized spacial score (nSPS) is 9.96. The fourth-order valence-electron chi connectivity index (χ4n) is 2.24. The summed E-state index contributed by atoms with van der Waals surface area (Å²) in [6.45, 7) is 1.44. The monoisotopic (exact) mass is 328 g/mol. The van der Waals surface area contributed by atoms with Crippen molar-refractivity contribution in [2.45, 2.75) is 13.3 Å². The summed E-state index contributed by atoms with van der Waals surface area (Å²) in [5, 5.41) is 5.48. The summed E-state index contributed by atoms with van der Waals surface area (Å²) in [6.07, 6.45) is 0.161. The molecule has 6 nitrogen and oxygen atoms in total. The second kappa shape index (κ2) is 8.01. The molecule has 0 unspecified atom stereocenters. The van der Waals surface area contributed by atoms with E-state index in [4.69, 9.17) is 9.47 Å². The Labute approximate surface area is 140 Å². The zero-order chi connectivity index (χ0) is 17.5. The highest BCUT2D eigenvalue weighted by Gasteiger charge is 2.10. The number of benzene rings is 2. The zero-order valence-electron chi connectivity index (χ0n) is 13.9. The van der Waals surface area contributed by atoms with Crippen LogP contribution in [0.5, 0.6) is 11.5 Å². The lowest BCUT2D eigenvalue weighted by Crippen LogP contribution is -2.15. The SMILES string of the molecule is COc1ccc(OC)c(CC(=O)Nc2ccc(NC(C)=O)cc2)c1. The molecule has 0 radical (unpaired) electrons. The van der Waals surface area contributed by atoms with E-state index in [0.29, 0.717) is 22.9 Å². The number of ether oxygens (including phenoxy) is 2. The summed E-state index contributed by atoms with van der Waals surface area (Å²) >= 11 is 0. The molecule has 0 bridgehead atoms. The first-order valence-corrected chi connectivity index (χ1v) is 7.40. The van der Waals surface area contributed by atoms with Crippen molar-refractivity contribution >= 4 is 23.2 Å². The highest BCUT2D eigenvalue weighted by Crippen LogP contribution is 2.24. The van der Waals surface area contributed by atoms with E-state index >= 15 is 0 Å². The van der Waals surface area contributed by atoms with Gasteiger partial charge in [-0.15, -0.1) is 0 Å². The van der Waals surface area contributed by atoms with Crippen molar-refractivity contribution in [1.29, 1.82) is 0 Å². The molecule has 0 aliphatic rings. The van der Waals surface area contributed by atoms with Gasteiger partial charge in [0.1, 0.15) is 11.5 Å². The van der Waals surface area contributed by atoms with E-state index in [1.165, 1.54) is 6.92 Å². The average molecular weight is 328 g/mol. The smallest absolute Gasteiger partial charge is 0.228 e. The Morgan fingerprint density at radius 3 is 2.08 bits per heavy atom. The number of nitrogens with one attached hydrogen (secondary N) is 2. The van der Waals surface area contributed by atoms with Crippen LogP contribution in [0.3, 0.4) is 0 Å². The van der Waals surface area contributed by atoms with Crippen molar-refractivity contribution in [1.82, 2.24) is 0 Å². The van der Waals surface area contributed by atoms with E-state index in [1.807, 2.05) is 0 Å². The number of hydrogen-bond acceptors (Lipinski definition) is 4. The summed E-state index contributed by atoms with van der Waals surface area (Å²) in [5.41, 5.74) is 2.06. The quantitative estimate of drug-likeness (QED) is 0.855. The third-order valence-electron chi connectivity index (χ3n) is 3.33. The Bertz CT molecular complexity index is 726. The summed E-state index contributed by atoms with van der Waals surface area (Å²) in [6, 6.07) is 12.2. The van der Waals surface area contributed by atoms with Gasteiger partial charge in [-0.2, -0.15) is 0 Å². The highest BCUT2D eigenvalue weighted by atomic mass is 16.5. The maximum atomic E-state index is 12.2. The minimum Gasteiger partial charge on any atom is -0.497 e. The Morgan fingerprint density at radius 1 is 0.917 bits per heavy atom. The number of rotatable bonds is 6. The molecule has 2 aromatic carbocycles. The molecule has 0 saturated carbocycles. The second-order valence-electron chi connectivity index (χ2n) is 5.16. The Kier molecular flexibility index (Phi) is 5.78. The van der Waals surface area contributed by atoms with E-state index in [-0.39, 0.29) is 18.2 Å². The topological polar surface area (TPSA) is 76.7 Å². The molecule has 0 aliphatic heterocycles. The van der Waals surface area contributed by atoms with Crippen LogP contribution in [-0.2, 0) is 16.0 Å². The molecule has 2 rings (SSSR count). The third-order valence-corrected chi connectivity index (χ3v) is 3.33. The van der Waals surface area contributed by atoms with Gasteiger partial charge in [-0.25, -0.2) is 0 Å². The summed E-state index contributed by atoms with van der Waals surface area (Å²) in [5.74, 6) is 0.982. The van der Waals surface area contributed by atoms with Gasteiger partial charge in [0.25, 0.3) is 0 Å². The summed E-state index contributed by atoms with van der Waals surface area (Å²) in [7, 11) is 3.13. The van der Waals surface area contributed by atoms with E-state index in [0.717, 1.165) is 5.56 Å². The molecule has 6 heteroatoms. The van der Waals surface area contributed by atoms with Gasteiger partial charge < -0.3 is 20.1 Å². The summed E-state index contributed by atoms with van der Waals surface area (Å²) < 4.78 is 10.5. The third kappa shape index (κ3) is 4.74. The number of hydrogen-bond donors (Lipinski definition) is 2. The fraction of sp³-hybridized carbons (Fsp3) is 0.222. The second-order valence-corrected chi connectivity index (χ2v) is 5.16. The van der Waals surface area contributed by atoms with Crippen molar-refractivity contribution in [2.24, 2.45) is 0 Å². The van der Waals surface area contributed by atoms with Gasteiger partial charge in [-0.3, -0.25) is 9.59 Å². The maximum Gasteiger partial charge on any atom is 0.228 e. The van der Waals surface area contributed by atoms with Crippen molar-refractivity contribution in [3.05, 3.63) is 48.0 Å². The molecule has 24 heavy (non-hydrogen) atoms. The van der Waals surface area contributed by atoms with Crippen LogP contribution >= 0.6 is 0 Å². The standard InChI is InChI=1S/C18H20N2O4/c1-12(21)19-14-4-6-15(7-5-14)20-18(22)11-13-10-16(23-2)8-9-17(13)24-3/h4-10H,11H2,1-3H3,(H,19,21)(H,20,22).